The number of nitriles is 1. The van der Waals surface area contributed by atoms with Gasteiger partial charge in [0.25, 0.3) is 0 Å². The lowest BCUT2D eigenvalue weighted by atomic mass is 10.1. The Morgan fingerprint density at radius 2 is 2.26 bits per heavy atom. The van der Waals surface area contributed by atoms with Gasteiger partial charge in [-0.25, -0.2) is 0 Å². The Morgan fingerprint density at radius 3 is 2.79 bits per heavy atom. The molecule has 0 saturated carbocycles. The van der Waals surface area contributed by atoms with Gasteiger partial charge in [0.15, 0.2) is 0 Å². The molecule has 0 aromatic heterocycles. The topological polar surface area (TPSA) is 96.0 Å². The fourth-order valence-electron chi connectivity index (χ4n) is 1.63. The Morgan fingerprint density at radius 1 is 1.58 bits per heavy atom. The van der Waals surface area contributed by atoms with E-state index < -0.39 is 15.7 Å². The van der Waals surface area contributed by atoms with Crippen molar-refractivity contribution >= 4 is 22.2 Å². The number of nitro benzene ring substituents is 1. The first kappa shape index (κ1) is 15.1. The second-order valence-corrected chi connectivity index (χ2v) is 5.74. The molecule has 7 heteroatoms. The number of nitrogens with one attached hydrogen (secondary N) is 1. The van der Waals surface area contributed by atoms with E-state index in [-0.39, 0.29) is 17.3 Å². The Labute approximate surface area is 114 Å². The molecule has 0 fully saturated rings. The highest BCUT2D eigenvalue weighted by atomic mass is 32.2. The molecule has 6 nitrogen and oxygen atoms in total. The lowest BCUT2D eigenvalue weighted by Crippen LogP contribution is -2.18. The molecule has 0 aliphatic carbocycles. The number of benzene rings is 1. The maximum atomic E-state index is 11.0. The molecular weight excluding hydrogens is 266 g/mol. The van der Waals surface area contributed by atoms with Crippen LogP contribution < -0.4 is 5.32 Å². The molecule has 0 saturated heterocycles. The van der Waals surface area contributed by atoms with E-state index in [1.807, 2.05) is 13.0 Å². The van der Waals surface area contributed by atoms with Crippen molar-refractivity contribution in [2.75, 3.05) is 17.3 Å². The molecule has 19 heavy (non-hydrogen) atoms. The first-order valence-corrected chi connectivity index (χ1v) is 7.42. The van der Waals surface area contributed by atoms with Gasteiger partial charge >= 0.3 is 5.69 Å². The van der Waals surface area contributed by atoms with Crippen LogP contribution in [0.4, 0.5) is 11.4 Å². The molecule has 1 aromatic carbocycles. The summed E-state index contributed by atoms with van der Waals surface area (Å²) in [6.07, 6.45) is 2.25. The van der Waals surface area contributed by atoms with Crippen molar-refractivity contribution in [1.29, 1.82) is 5.26 Å². The molecule has 1 N–H and O–H groups in total. The second-order valence-electron chi connectivity index (χ2n) is 4.18. The van der Waals surface area contributed by atoms with E-state index in [0.717, 1.165) is 0 Å². The van der Waals surface area contributed by atoms with Gasteiger partial charge in [-0.15, -0.1) is 0 Å². The molecule has 2 unspecified atom stereocenters. The van der Waals surface area contributed by atoms with Crippen LogP contribution in [0.5, 0.6) is 0 Å². The van der Waals surface area contributed by atoms with Crippen molar-refractivity contribution in [3.63, 3.8) is 0 Å². The summed E-state index contributed by atoms with van der Waals surface area (Å²) in [5.74, 6) is 0.528. The Balaban J connectivity index is 2.92. The molecule has 2 atom stereocenters. The van der Waals surface area contributed by atoms with Crippen molar-refractivity contribution in [3.8, 4) is 6.07 Å². The monoisotopic (exact) mass is 281 g/mol. The molecule has 102 valence electrons. The number of hydrogen-bond donors (Lipinski definition) is 1. The van der Waals surface area contributed by atoms with Gasteiger partial charge < -0.3 is 5.32 Å². The molecule has 0 spiro atoms. The van der Waals surface area contributed by atoms with E-state index in [9.17, 15) is 14.3 Å². The van der Waals surface area contributed by atoms with Crippen LogP contribution in [0.15, 0.2) is 18.2 Å². The zero-order valence-corrected chi connectivity index (χ0v) is 11.6. The standard InChI is InChI=1S/C12H15N3O3S/c1-9(6-7-19(2)18)14-11-5-3-4-10(8-13)12(11)15(16)17/h3-5,9,14H,6-7H2,1-2H3. The zero-order chi connectivity index (χ0) is 14.4. The highest BCUT2D eigenvalue weighted by Crippen LogP contribution is 2.28. The summed E-state index contributed by atoms with van der Waals surface area (Å²) in [4.78, 5) is 10.5. The first-order valence-electron chi connectivity index (χ1n) is 5.69. The van der Waals surface area contributed by atoms with Gasteiger partial charge in [0.1, 0.15) is 17.3 Å². The molecule has 0 amide bonds. The molecule has 0 aliphatic rings. The van der Waals surface area contributed by atoms with Crippen molar-refractivity contribution in [3.05, 3.63) is 33.9 Å². The number of nitro groups is 1. The summed E-state index contributed by atoms with van der Waals surface area (Å²) in [5.41, 5.74) is 0.133. The minimum absolute atomic E-state index is 0.0290. The zero-order valence-electron chi connectivity index (χ0n) is 10.8. The molecule has 0 heterocycles. The molecule has 0 radical (unpaired) electrons. The lowest BCUT2D eigenvalue weighted by molar-refractivity contribution is -0.384. The SMILES string of the molecule is CC(CCS(C)=O)Nc1cccc(C#N)c1[N+](=O)[O-]. The summed E-state index contributed by atoms with van der Waals surface area (Å²) >= 11 is 0. The number of rotatable bonds is 6. The molecule has 0 aliphatic heterocycles. The smallest absolute Gasteiger partial charge is 0.309 e. The van der Waals surface area contributed by atoms with Crippen LogP contribution in [0, 0.1) is 21.4 Å². The fourth-order valence-corrected chi connectivity index (χ4v) is 2.31. The van der Waals surface area contributed by atoms with E-state index in [1.165, 1.54) is 6.07 Å². The van der Waals surface area contributed by atoms with Gasteiger partial charge in [-0.1, -0.05) is 6.07 Å². The Bertz CT molecular complexity index is 540. The van der Waals surface area contributed by atoms with E-state index in [4.69, 9.17) is 5.26 Å². The predicted octanol–water partition coefficient (Wildman–Crippen LogP) is 2.04. The van der Waals surface area contributed by atoms with Gasteiger partial charge in [-0.05, 0) is 25.5 Å². The van der Waals surface area contributed by atoms with Gasteiger partial charge in [-0.3, -0.25) is 14.3 Å². The summed E-state index contributed by atoms with van der Waals surface area (Å²) in [6.45, 7) is 1.86. The first-order chi connectivity index (χ1) is 8.95. The number of anilines is 1. The number of nitrogens with zero attached hydrogens (tertiary/aromatic N) is 2. The molecule has 1 aromatic rings. The normalized spacial score (nSPS) is 13.3. The summed E-state index contributed by atoms with van der Waals surface area (Å²) in [5, 5.41) is 22.9. The summed E-state index contributed by atoms with van der Waals surface area (Å²) < 4.78 is 11.0. The number of para-hydroxylation sites is 1. The molecule has 1 rings (SSSR count). The van der Waals surface area contributed by atoms with Gasteiger partial charge in [0, 0.05) is 28.9 Å². The third-order valence-corrected chi connectivity index (χ3v) is 3.39. The van der Waals surface area contributed by atoms with Crippen LogP contribution in [0.2, 0.25) is 0 Å². The Kier molecular flexibility index (Phi) is 5.45. The van der Waals surface area contributed by atoms with Crippen LogP contribution in [0.25, 0.3) is 0 Å². The molecule has 0 bridgehead atoms. The van der Waals surface area contributed by atoms with Crippen LogP contribution >= 0.6 is 0 Å². The van der Waals surface area contributed by atoms with Crippen molar-refractivity contribution in [2.45, 2.75) is 19.4 Å². The van der Waals surface area contributed by atoms with Crippen LogP contribution in [-0.4, -0.2) is 27.2 Å². The van der Waals surface area contributed by atoms with Crippen molar-refractivity contribution in [2.24, 2.45) is 0 Å². The average Bonchev–Trinajstić information content (AvgIpc) is 2.35. The minimum Gasteiger partial charge on any atom is -0.377 e. The fraction of sp³-hybridized carbons (Fsp3) is 0.417. The van der Waals surface area contributed by atoms with Gasteiger partial charge in [0.2, 0.25) is 0 Å². The maximum Gasteiger partial charge on any atom is 0.309 e. The highest BCUT2D eigenvalue weighted by Gasteiger charge is 2.20. The third kappa shape index (κ3) is 4.34. The van der Waals surface area contributed by atoms with Crippen LogP contribution in [0.1, 0.15) is 18.9 Å². The van der Waals surface area contributed by atoms with Crippen LogP contribution in [0.3, 0.4) is 0 Å². The summed E-state index contributed by atoms with van der Waals surface area (Å²) in [7, 11) is -0.890. The summed E-state index contributed by atoms with van der Waals surface area (Å²) in [6, 6.07) is 6.33. The average molecular weight is 281 g/mol. The third-order valence-electron chi connectivity index (χ3n) is 2.58. The quantitative estimate of drug-likeness (QED) is 0.635. The number of hydrogen-bond acceptors (Lipinski definition) is 5. The van der Waals surface area contributed by atoms with Gasteiger partial charge in [-0.2, -0.15) is 5.26 Å². The van der Waals surface area contributed by atoms with E-state index in [0.29, 0.717) is 17.9 Å². The van der Waals surface area contributed by atoms with Crippen molar-refractivity contribution in [1.82, 2.24) is 0 Å². The highest BCUT2D eigenvalue weighted by molar-refractivity contribution is 7.84. The van der Waals surface area contributed by atoms with E-state index in [1.54, 1.807) is 18.4 Å². The van der Waals surface area contributed by atoms with Crippen molar-refractivity contribution < 1.29 is 9.13 Å². The lowest BCUT2D eigenvalue weighted by Gasteiger charge is -2.14. The van der Waals surface area contributed by atoms with Crippen LogP contribution in [-0.2, 0) is 10.8 Å². The predicted molar refractivity (Wildman–Crippen MR) is 74.4 cm³/mol. The molecular formula is C12H15N3O3S. The minimum atomic E-state index is -0.890. The van der Waals surface area contributed by atoms with E-state index >= 15 is 0 Å². The Hall–Kier alpha value is -1.94. The van der Waals surface area contributed by atoms with E-state index in [2.05, 4.69) is 5.32 Å². The maximum absolute atomic E-state index is 11.0. The largest absolute Gasteiger partial charge is 0.377 e. The second kappa shape index (κ2) is 6.85. The van der Waals surface area contributed by atoms with Gasteiger partial charge in [0.05, 0.1) is 4.92 Å².